The van der Waals surface area contributed by atoms with Gasteiger partial charge in [-0.3, -0.25) is 34.1 Å². The number of benzene rings is 3. The number of carbonyl (C=O) groups excluding carboxylic acids is 5. The SMILES string of the molecule is Cc1c(-c2ccc(N3CCc4cccc(C(=O)Nc5nc6ccccc6s5)c4C3)nc2C(=O)O)cnn1CC12CC3(C)CC(C)(C1)CC(OCCN(CCS(N)(=O)=O)C(=O)OCc1ccc(CCCCNC(=O)CN4C(=O)C=CC4=O)cc1)(C3)C2. The Balaban J connectivity index is 0.713. The standard InChI is InChI=1S/C62H70N10O11S2/c1-40-46(44-18-19-50(67-54(44)56(77)78)70-24-22-43-10-8-11-45(47(43)30-70)55(76)68-57-66-48-12-4-5-13-49(48)84-57)29-65-72(40)39-61-34-59(2)33-60(3,35-61)37-62(36-59,38-61)83-27-25-69(26-28-85(63,80)81)58(79)82-32-42-16-14-41(15-17-42)9-6-7-23-64-51(73)31-71-52(74)20-21-53(71)75/h4-5,8,10-21,29H,6-7,9,22-28,30-39H2,1-3H3,(H,64,73)(H,77,78)(H2,63,80,81)(H,66,68,76). The molecule has 0 radical (unpaired) electrons. The number of hydrogen-bond acceptors (Lipinski definition) is 15. The Hall–Kier alpha value is -7.86. The Bertz CT molecular complexity index is 3700. The van der Waals surface area contributed by atoms with Crippen molar-refractivity contribution in [2.75, 3.05) is 55.3 Å². The van der Waals surface area contributed by atoms with E-state index in [0.29, 0.717) is 66.7 Å². The molecule has 4 aliphatic carbocycles. The lowest BCUT2D eigenvalue weighted by molar-refractivity contribution is -0.248. The van der Waals surface area contributed by atoms with E-state index in [1.807, 2.05) is 89.3 Å². The number of rotatable bonds is 23. The van der Waals surface area contributed by atoms with Crippen LogP contribution in [0.25, 0.3) is 21.3 Å². The molecular formula is C62H70N10O11S2. The topological polar surface area (TPSA) is 279 Å². The highest BCUT2D eigenvalue weighted by Gasteiger charge is 2.66. The number of aromatic nitrogens is 4. The average Bonchev–Trinajstić information content (AvgIpc) is 1.37. The molecule has 446 valence electrons. The predicted octanol–water partition coefficient (Wildman–Crippen LogP) is 7.80. The van der Waals surface area contributed by atoms with Gasteiger partial charge >= 0.3 is 12.1 Å². The van der Waals surface area contributed by atoms with E-state index >= 15 is 0 Å². The second-order valence-electron chi connectivity index (χ2n) is 24.6. The van der Waals surface area contributed by atoms with E-state index < -0.39 is 51.2 Å². The van der Waals surface area contributed by atoms with Gasteiger partial charge in [-0.2, -0.15) is 5.10 Å². The van der Waals surface area contributed by atoms with Crippen LogP contribution in [0.3, 0.4) is 0 Å². The zero-order valence-electron chi connectivity index (χ0n) is 47.9. The summed E-state index contributed by atoms with van der Waals surface area (Å²) in [6.07, 6.45) is 11.5. The summed E-state index contributed by atoms with van der Waals surface area (Å²) in [6.45, 7) is 8.25. The quantitative estimate of drug-likeness (QED) is 0.0352. The van der Waals surface area contributed by atoms with Gasteiger partial charge in [0.2, 0.25) is 15.9 Å². The van der Waals surface area contributed by atoms with E-state index in [-0.39, 0.29) is 60.7 Å². The predicted molar refractivity (Wildman–Crippen MR) is 319 cm³/mol. The van der Waals surface area contributed by atoms with Crippen LogP contribution in [-0.2, 0) is 66.4 Å². The van der Waals surface area contributed by atoms with Crippen LogP contribution in [0.15, 0.2) is 97.2 Å². The molecule has 85 heavy (non-hydrogen) atoms. The molecule has 2 atom stereocenters. The highest BCUT2D eigenvalue weighted by molar-refractivity contribution is 7.89. The van der Waals surface area contributed by atoms with Gasteiger partial charge in [0.25, 0.3) is 17.7 Å². The number of para-hydroxylation sites is 1. The summed E-state index contributed by atoms with van der Waals surface area (Å²) in [4.78, 5) is 89.9. The van der Waals surface area contributed by atoms with E-state index in [1.165, 1.54) is 16.2 Å². The van der Waals surface area contributed by atoms with Gasteiger partial charge in [0.1, 0.15) is 19.0 Å². The number of imide groups is 1. The maximum atomic E-state index is 13.8. The van der Waals surface area contributed by atoms with E-state index in [9.17, 15) is 42.3 Å². The Morgan fingerprint density at radius 3 is 2.32 bits per heavy atom. The van der Waals surface area contributed by atoms with Crippen LogP contribution < -0.4 is 20.7 Å². The van der Waals surface area contributed by atoms with Crippen molar-refractivity contribution in [3.05, 3.63) is 136 Å². The number of hydrogen-bond donors (Lipinski definition) is 4. The zero-order chi connectivity index (χ0) is 59.9. The second-order valence-corrected chi connectivity index (χ2v) is 27.3. The fourth-order valence-corrected chi connectivity index (χ4v) is 16.2. The van der Waals surface area contributed by atoms with Crippen molar-refractivity contribution in [3.8, 4) is 11.1 Å². The number of nitrogens with zero attached hydrogens (tertiary/aromatic N) is 7. The molecular weight excluding hydrogens is 1120 g/mol. The van der Waals surface area contributed by atoms with Crippen molar-refractivity contribution >= 4 is 78.2 Å². The number of sulfonamides is 1. The van der Waals surface area contributed by atoms with Crippen LogP contribution in [0.5, 0.6) is 0 Å². The van der Waals surface area contributed by atoms with Gasteiger partial charge in [-0.05, 0) is 140 Å². The average molecular weight is 1200 g/mol. The molecule has 6 aliphatic rings. The molecule has 4 fully saturated rings. The normalized spacial score (nSPS) is 22.3. The van der Waals surface area contributed by atoms with E-state index in [0.717, 1.165) is 107 Å². The van der Waals surface area contributed by atoms with Gasteiger partial charge in [0.05, 0.1) is 34.4 Å². The first-order chi connectivity index (χ1) is 40.5. The number of nitrogens with two attached hydrogens (primary N) is 1. The van der Waals surface area contributed by atoms with Crippen molar-refractivity contribution in [1.29, 1.82) is 0 Å². The third-order valence-electron chi connectivity index (χ3n) is 17.4. The van der Waals surface area contributed by atoms with Gasteiger partial charge in [-0.1, -0.05) is 73.7 Å². The summed E-state index contributed by atoms with van der Waals surface area (Å²) in [5.41, 5.74) is 6.07. The Kier molecular flexibility index (Phi) is 16.3. The highest BCUT2D eigenvalue weighted by atomic mass is 32.2. The fraction of sp³-hybridized carbons (Fsp3) is 0.435. The Morgan fingerprint density at radius 2 is 1.59 bits per heavy atom. The molecule has 2 aliphatic heterocycles. The van der Waals surface area contributed by atoms with Crippen LogP contribution >= 0.6 is 11.3 Å². The number of anilines is 2. The molecule has 5 amide bonds. The molecule has 3 aromatic carbocycles. The Labute approximate surface area is 497 Å². The van der Waals surface area contributed by atoms with Crippen LogP contribution in [0, 0.1) is 23.2 Å². The molecule has 4 bridgehead atoms. The Morgan fingerprint density at radius 1 is 0.847 bits per heavy atom. The number of carboxylic acid groups (broad SMARTS) is 1. The summed E-state index contributed by atoms with van der Waals surface area (Å²) >= 11 is 1.41. The van der Waals surface area contributed by atoms with Crippen molar-refractivity contribution in [2.45, 2.75) is 110 Å². The summed E-state index contributed by atoms with van der Waals surface area (Å²) < 4.78 is 40.1. The maximum Gasteiger partial charge on any atom is 0.410 e. The summed E-state index contributed by atoms with van der Waals surface area (Å²) in [5, 5.41) is 27.3. The number of unbranched alkanes of at least 4 members (excludes halogenated alkanes) is 1. The summed E-state index contributed by atoms with van der Waals surface area (Å²) in [6, 6.07) is 24.7. The zero-order valence-corrected chi connectivity index (χ0v) is 49.6. The summed E-state index contributed by atoms with van der Waals surface area (Å²) in [7, 11) is -3.92. The van der Waals surface area contributed by atoms with Crippen LogP contribution in [0.1, 0.15) is 114 Å². The van der Waals surface area contributed by atoms with Crippen molar-refractivity contribution in [2.24, 2.45) is 21.4 Å². The molecule has 2 unspecified atom stereocenters. The minimum atomic E-state index is -3.92. The minimum Gasteiger partial charge on any atom is -0.476 e. The lowest BCUT2D eigenvalue weighted by Gasteiger charge is -2.69. The van der Waals surface area contributed by atoms with Gasteiger partial charge in [0.15, 0.2) is 10.8 Å². The van der Waals surface area contributed by atoms with Crippen LogP contribution in [0.2, 0.25) is 0 Å². The van der Waals surface area contributed by atoms with Crippen LogP contribution in [-0.4, -0.2) is 129 Å². The molecule has 5 N–H and O–H groups in total. The molecule has 3 aromatic heterocycles. The third-order valence-corrected chi connectivity index (χ3v) is 19.1. The van der Waals surface area contributed by atoms with E-state index in [2.05, 4.69) is 29.5 Å². The molecule has 21 nitrogen and oxygen atoms in total. The number of carbonyl (C=O) groups is 6. The van der Waals surface area contributed by atoms with Gasteiger partial charge < -0.3 is 29.7 Å². The number of ether oxygens (including phenoxy) is 2. The molecule has 12 rings (SSSR count). The number of aromatic carboxylic acids is 1. The first-order valence-corrected chi connectivity index (χ1v) is 31.3. The molecule has 4 saturated carbocycles. The number of carboxylic acids is 1. The largest absolute Gasteiger partial charge is 0.476 e. The highest BCUT2D eigenvalue weighted by Crippen LogP contribution is 2.72. The lowest BCUT2D eigenvalue weighted by Crippen LogP contribution is -2.64. The molecule has 5 heterocycles. The smallest absolute Gasteiger partial charge is 0.410 e. The number of pyridine rings is 1. The number of aryl methyl sites for hydroxylation is 1. The molecule has 6 aromatic rings. The molecule has 0 saturated heterocycles. The fourth-order valence-electron chi connectivity index (χ4n) is 14.8. The first kappa shape index (κ1) is 58.9. The van der Waals surface area contributed by atoms with E-state index in [4.69, 9.17) is 24.7 Å². The van der Waals surface area contributed by atoms with Crippen molar-refractivity contribution in [1.82, 2.24) is 34.9 Å². The second kappa shape index (κ2) is 23.5. The van der Waals surface area contributed by atoms with E-state index in [1.54, 1.807) is 12.3 Å². The van der Waals surface area contributed by atoms with Gasteiger partial charge in [-0.15, -0.1) is 0 Å². The molecule has 0 spiro atoms. The van der Waals surface area contributed by atoms with Crippen LogP contribution in [0.4, 0.5) is 15.7 Å². The summed E-state index contributed by atoms with van der Waals surface area (Å²) in [5.74, 6) is -2.81. The monoisotopic (exact) mass is 1190 g/mol. The first-order valence-electron chi connectivity index (χ1n) is 28.8. The number of amides is 5. The van der Waals surface area contributed by atoms with Gasteiger partial charge in [0, 0.05) is 73.8 Å². The number of fused-ring (bicyclic) bond motifs is 2. The molecule has 23 heteroatoms. The van der Waals surface area contributed by atoms with Crippen molar-refractivity contribution < 1.29 is 51.8 Å². The minimum absolute atomic E-state index is 0.0440. The maximum absolute atomic E-state index is 13.8. The number of thiazole rings is 1. The van der Waals surface area contributed by atoms with Crippen molar-refractivity contribution in [3.63, 3.8) is 0 Å². The third kappa shape index (κ3) is 13.2. The lowest BCUT2D eigenvalue weighted by atomic mass is 9.39. The number of primary sulfonamides is 1. The van der Waals surface area contributed by atoms with Gasteiger partial charge in [-0.25, -0.2) is 33.1 Å². The number of nitrogens with one attached hydrogen (secondary N) is 2.